The van der Waals surface area contributed by atoms with Crippen LogP contribution >= 0.6 is 0 Å². The molecule has 6 N–H and O–H groups in total. The number of benzene rings is 1. The molecule has 9 nitrogen and oxygen atoms in total. The summed E-state index contributed by atoms with van der Waals surface area (Å²) < 4.78 is 5.42. The van der Waals surface area contributed by atoms with Gasteiger partial charge in [-0.1, -0.05) is 24.6 Å². The Balaban J connectivity index is 1.28. The second-order valence-corrected chi connectivity index (χ2v) is 8.82. The lowest BCUT2D eigenvalue weighted by molar-refractivity contribution is -0.120. The van der Waals surface area contributed by atoms with Crippen molar-refractivity contribution in [3.8, 4) is 5.75 Å². The van der Waals surface area contributed by atoms with Crippen molar-refractivity contribution in [3.63, 3.8) is 0 Å². The van der Waals surface area contributed by atoms with Gasteiger partial charge < -0.3 is 31.2 Å². The summed E-state index contributed by atoms with van der Waals surface area (Å²) in [5.41, 5.74) is 8.32. The predicted molar refractivity (Wildman–Crippen MR) is 123 cm³/mol. The van der Waals surface area contributed by atoms with E-state index in [9.17, 15) is 19.7 Å². The highest BCUT2D eigenvalue weighted by atomic mass is 16.5. The standard InChI is InChI=1S/C23H29BN4O5/c25-18(13-26-11-14-3-1-4-14)19-8-7-15(12-27-19)9-21(29)28-20-10-16-5-2-6-17(23(30)31)22(16)33-24(20)32/h2,5-8,12,14,18,20,26,32H,1,3-4,9-11,13,25H2,(H,28,29)(H,30,31)/t18?,20-/m0/s1. The number of fused-ring (bicyclic) bond motifs is 1. The van der Waals surface area contributed by atoms with Gasteiger partial charge in [0.05, 0.1) is 29.7 Å². The molecule has 1 aliphatic carbocycles. The number of hydrogen-bond donors (Lipinski definition) is 5. The van der Waals surface area contributed by atoms with Gasteiger partial charge in [-0.15, -0.1) is 0 Å². The van der Waals surface area contributed by atoms with Gasteiger partial charge in [0.15, 0.2) is 0 Å². The summed E-state index contributed by atoms with van der Waals surface area (Å²) in [5, 5.41) is 25.8. The predicted octanol–water partition coefficient (Wildman–Crippen LogP) is 0.851. The molecule has 1 aromatic heterocycles. The minimum Gasteiger partial charge on any atom is -0.534 e. The normalized spacial score (nSPS) is 18.6. The lowest BCUT2D eigenvalue weighted by Gasteiger charge is -2.28. The Morgan fingerprint density at radius 1 is 1.27 bits per heavy atom. The maximum atomic E-state index is 12.5. The van der Waals surface area contributed by atoms with E-state index in [-0.39, 0.29) is 36.1 Å². The molecule has 33 heavy (non-hydrogen) atoms. The molecule has 2 aromatic rings. The number of carbonyl (C=O) groups is 2. The number of pyridine rings is 1. The number of carbonyl (C=O) groups excluding carboxylic acids is 1. The maximum Gasteiger partial charge on any atom is 0.547 e. The summed E-state index contributed by atoms with van der Waals surface area (Å²) in [6.45, 7) is 1.65. The minimum atomic E-state index is -1.34. The van der Waals surface area contributed by atoms with Crippen LogP contribution in [0, 0.1) is 5.92 Å². The van der Waals surface area contributed by atoms with Gasteiger partial charge in [0, 0.05) is 12.7 Å². The van der Waals surface area contributed by atoms with Crippen molar-refractivity contribution in [2.24, 2.45) is 11.7 Å². The Morgan fingerprint density at radius 3 is 2.76 bits per heavy atom. The highest BCUT2D eigenvalue weighted by Gasteiger charge is 2.37. The Labute approximate surface area is 192 Å². The van der Waals surface area contributed by atoms with Gasteiger partial charge in [-0.25, -0.2) is 4.79 Å². The number of para-hydroxylation sites is 1. The van der Waals surface area contributed by atoms with Crippen LogP contribution in [0.3, 0.4) is 0 Å². The van der Waals surface area contributed by atoms with Crippen molar-refractivity contribution < 1.29 is 24.4 Å². The maximum absolute atomic E-state index is 12.5. The van der Waals surface area contributed by atoms with Crippen LogP contribution < -0.4 is 21.0 Å². The molecule has 0 spiro atoms. The molecule has 1 fully saturated rings. The van der Waals surface area contributed by atoms with Crippen LogP contribution in [0.2, 0.25) is 0 Å². The number of hydrogen-bond acceptors (Lipinski definition) is 7. The molecule has 2 atom stereocenters. The summed E-state index contributed by atoms with van der Waals surface area (Å²) in [4.78, 5) is 28.3. The average molecular weight is 452 g/mol. The lowest BCUT2D eigenvalue weighted by atomic mass is 9.72. The minimum absolute atomic E-state index is 0.0149. The summed E-state index contributed by atoms with van der Waals surface area (Å²) in [6, 6.07) is 8.21. The fourth-order valence-corrected chi connectivity index (χ4v) is 4.16. The van der Waals surface area contributed by atoms with Gasteiger partial charge in [0.2, 0.25) is 5.91 Å². The molecule has 174 valence electrons. The first-order valence-corrected chi connectivity index (χ1v) is 11.3. The number of nitrogens with zero attached hydrogens (tertiary/aromatic N) is 1. The molecule has 1 saturated carbocycles. The number of aromatic carboxylic acids is 1. The zero-order valence-corrected chi connectivity index (χ0v) is 18.4. The Hall–Kier alpha value is -2.95. The van der Waals surface area contributed by atoms with E-state index in [1.807, 2.05) is 12.1 Å². The zero-order chi connectivity index (χ0) is 23.4. The van der Waals surface area contributed by atoms with Gasteiger partial charge in [0.1, 0.15) is 5.75 Å². The number of amides is 1. The monoisotopic (exact) mass is 452 g/mol. The van der Waals surface area contributed by atoms with Crippen molar-refractivity contribution in [2.75, 3.05) is 13.1 Å². The van der Waals surface area contributed by atoms with Crippen LogP contribution in [0.25, 0.3) is 0 Å². The van der Waals surface area contributed by atoms with Gasteiger partial charge in [0.25, 0.3) is 0 Å². The third-order valence-electron chi connectivity index (χ3n) is 6.31. The van der Waals surface area contributed by atoms with Crippen molar-refractivity contribution in [1.82, 2.24) is 15.6 Å². The second-order valence-electron chi connectivity index (χ2n) is 8.82. The molecule has 0 radical (unpaired) electrons. The molecule has 0 saturated heterocycles. The van der Waals surface area contributed by atoms with E-state index in [0.29, 0.717) is 12.1 Å². The van der Waals surface area contributed by atoms with E-state index in [2.05, 4.69) is 15.6 Å². The molecule has 2 aliphatic rings. The van der Waals surface area contributed by atoms with Crippen molar-refractivity contribution in [2.45, 2.75) is 44.1 Å². The second kappa shape index (κ2) is 10.3. The fourth-order valence-electron chi connectivity index (χ4n) is 4.16. The van der Waals surface area contributed by atoms with Gasteiger partial charge >= 0.3 is 13.1 Å². The number of carboxylic acid groups (broad SMARTS) is 1. The largest absolute Gasteiger partial charge is 0.547 e. The number of nitrogens with one attached hydrogen (secondary N) is 2. The van der Waals surface area contributed by atoms with Crippen LogP contribution in [-0.4, -0.2) is 53.1 Å². The third kappa shape index (κ3) is 5.71. The summed E-state index contributed by atoms with van der Waals surface area (Å²) in [6.07, 6.45) is 5.90. The highest BCUT2D eigenvalue weighted by Crippen LogP contribution is 2.30. The van der Waals surface area contributed by atoms with E-state index in [1.54, 1.807) is 18.3 Å². The fraction of sp³-hybridized carbons (Fsp3) is 0.435. The van der Waals surface area contributed by atoms with Gasteiger partial charge in [-0.05, 0) is 55.0 Å². The van der Waals surface area contributed by atoms with Crippen LogP contribution in [0.15, 0.2) is 36.5 Å². The van der Waals surface area contributed by atoms with Crippen LogP contribution in [0.5, 0.6) is 5.75 Å². The molecular formula is C23H29BN4O5. The molecular weight excluding hydrogens is 423 g/mol. The number of rotatable bonds is 9. The van der Waals surface area contributed by atoms with E-state index in [1.165, 1.54) is 25.3 Å². The molecule has 4 rings (SSSR count). The smallest absolute Gasteiger partial charge is 0.534 e. The summed E-state index contributed by atoms with van der Waals surface area (Å²) >= 11 is 0. The highest BCUT2D eigenvalue weighted by molar-refractivity contribution is 6.47. The quantitative estimate of drug-likeness (QED) is 0.352. The molecule has 1 amide bonds. The van der Waals surface area contributed by atoms with Crippen LogP contribution in [-0.2, 0) is 17.6 Å². The number of aromatic nitrogens is 1. The van der Waals surface area contributed by atoms with Crippen LogP contribution in [0.4, 0.5) is 0 Å². The van der Waals surface area contributed by atoms with Crippen molar-refractivity contribution in [1.29, 1.82) is 0 Å². The van der Waals surface area contributed by atoms with E-state index in [0.717, 1.165) is 23.7 Å². The zero-order valence-electron chi connectivity index (χ0n) is 18.4. The molecule has 1 aromatic carbocycles. The topological polar surface area (TPSA) is 147 Å². The van der Waals surface area contributed by atoms with Crippen molar-refractivity contribution >= 4 is 19.0 Å². The van der Waals surface area contributed by atoms with Gasteiger partial charge in [-0.2, -0.15) is 0 Å². The molecule has 0 bridgehead atoms. The molecule has 10 heteroatoms. The Bertz CT molecular complexity index is 999. The summed E-state index contributed by atoms with van der Waals surface area (Å²) in [7, 11) is -1.34. The molecule has 1 aliphatic heterocycles. The first-order valence-electron chi connectivity index (χ1n) is 11.3. The van der Waals surface area contributed by atoms with E-state index >= 15 is 0 Å². The number of nitrogens with two attached hydrogens (primary N) is 1. The number of carboxylic acids is 1. The third-order valence-corrected chi connectivity index (χ3v) is 6.31. The lowest BCUT2D eigenvalue weighted by Crippen LogP contribution is -2.53. The summed E-state index contributed by atoms with van der Waals surface area (Å²) in [5.74, 6) is -1.20. The first-order chi connectivity index (χ1) is 15.9. The van der Waals surface area contributed by atoms with E-state index in [4.69, 9.17) is 10.4 Å². The first kappa shape index (κ1) is 23.2. The molecule has 2 heterocycles. The Kier molecular flexibility index (Phi) is 7.27. The van der Waals surface area contributed by atoms with Crippen LogP contribution in [0.1, 0.15) is 52.5 Å². The van der Waals surface area contributed by atoms with Gasteiger partial charge in [-0.3, -0.25) is 9.78 Å². The average Bonchev–Trinajstić information content (AvgIpc) is 2.75. The SMILES string of the molecule is NC(CNCC1CCC1)c1ccc(CC(=O)N[C@H]2Cc3cccc(C(=O)O)c3OB2O)cn1. The Morgan fingerprint density at radius 2 is 2.09 bits per heavy atom. The van der Waals surface area contributed by atoms with E-state index < -0.39 is 19.0 Å². The van der Waals surface area contributed by atoms with Crippen molar-refractivity contribution in [3.05, 3.63) is 58.9 Å². The molecule has 1 unspecified atom stereocenters.